The Morgan fingerprint density at radius 2 is 2.14 bits per heavy atom. The summed E-state index contributed by atoms with van der Waals surface area (Å²) in [7, 11) is 0. The van der Waals surface area contributed by atoms with Crippen LogP contribution in [0.4, 0.5) is 5.69 Å². The van der Waals surface area contributed by atoms with Crippen molar-refractivity contribution in [2.45, 2.75) is 5.92 Å². The molecule has 0 saturated heterocycles. The minimum absolute atomic E-state index is 0.478. The fourth-order valence-electron chi connectivity index (χ4n) is 2.05. The topological polar surface area (TPSA) is 3.24 Å². The first kappa shape index (κ1) is 9.07. The maximum absolute atomic E-state index is 3.88. The molecule has 0 aliphatic carbocycles. The van der Waals surface area contributed by atoms with Crippen molar-refractivity contribution < 1.29 is 0 Å². The van der Waals surface area contributed by atoms with Gasteiger partial charge in [-0.15, -0.1) is 13.2 Å². The van der Waals surface area contributed by atoms with Crippen LogP contribution in [0.1, 0.15) is 11.5 Å². The van der Waals surface area contributed by atoms with Gasteiger partial charge in [-0.2, -0.15) is 0 Å². The lowest BCUT2D eigenvalue weighted by Crippen LogP contribution is -2.21. The first-order valence-corrected chi connectivity index (χ1v) is 4.94. The van der Waals surface area contributed by atoms with E-state index in [1.165, 1.54) is 11.3 Å². The number of nitrogens with zero attached hydrogens (tertiary/aromatic N) is 1. The smallest absolute Gasteiger partial charge is 0.0408 e. The molecule has 1 unspecified atom stereocenters. The molecule has 1 aromatic carbocycles. The van der Waals surface area contributed by atoms with E-state index >= 15 is 0 Å². The van der Waals surface area contributed by atoms with Crippen molar-refractivity contribution in [1.82, 2.24) is 0 Å². The van der Waals surface area contributed by atoms with Crippen LogP contribution in [-0.4, -0.2) is 13.1 Å². The molecule has 2 rings (SSSR count). The highest BCUT2D eigenvalue weighted by atomic mass is 15.1. The third-order valence-electron chi connectivity index (χ3n) is 2.73. The van der Waals surface area contributed by atoms with Crippen LogP contribution < -0.4 is 4.90 Å². The monoisotopic (exact) mass is 185 g/mol. The molecule has 1 atom stereocenters. The number of anilines is 1. The molecule has 0 spiro atoms. The van der Waals surface area contributed by atoms with Gasteiger partial charge in [0.15, 0.2) is 0 Å². The highest BCUT2D eigenvalue weighted by molar-refractivity contribution is 5.61. The molecular formula is C13H15N. The van der Waals surface area contributed by atoms with Crippen LogP contribution in [0, 0.1) is 0 Å². The number of hydrogen-bond acceptors (Lipinski definition) is 1. The van der Waals surface area contributed by atoms with Gasteiger partial charge in [0.05, 0.1) is 0 Å². The van der Waals surface area contributed by atoms with E-state index in [0.717, 1.165) is 13.1 Å². The molecule has 0 radical (unpaired) electrons. The second-order valence-corrected chi connectivity index (χ2v) is 3.59. The molecular weight excluding hydrogens is 170 g/mol. The van der Waals surface area contributed by atoms with Crippen molar-refractivity contribution >= 4 is 5.69 Å². The van der Waals surface area contributed by atoms with Crippen LogP contribution in [0.25, 0.3) is 0 Å². The van der Waals surface area contributed by atoms with Gasteiger partial charge < -0.3 is 4.90 Å². The minimum Gasteiger partial charge on any atom is -0.367 e. The first-order valence-electron chi connectivity index (χ1n) is 4.94. The van der Waals surface area contributed by atoms with E-state index in [-0.39, 0.29) is 0 Å². The van der Waals surface area contributed by atoms with Gasteiger partial charge >= 0.3 is 0 Å². The summed E-state index contributed by atoms with van der Waals surface area (Å²) in [4.78, 5) is 2.34. The molecule has 0 N–H and O–H groups in total. The van der Waals surface area contributed by atoms with Crippen molar-refractivity contribution in [3.63, 3.8) is 0 Å². The lowest BCUT2D eigenvalue weighted by molar-refractivity contribution is 0.836. The Hall–Kier alpha value is -1.50. The van der Waals surface area contributed by atoms with Gasteiger partial charge in [-0.1, -0.05) is 30.4 Å². The van der Waals surface area contributed by atoms with Gasteiger partial charge in [-0.05, 0) is 11.6 Å². The number of benzene rings is 1. The molecule has 0 saturated carbocycles. The maximum Gasteiger partial charge on any atom is 0.0408 e. The summed E-state index contributed by atoms with van der Waals surface area (Å²) in [5.41, 5.74) is 2.72. The van der Waals surface area contributed by atoms with E-state index < -0.39 is 0 Å². The molecule has 1 aromatic rings. The Balaban J connectivity index is 2.37. The quantitative estimate of drug-likeness (QED) is 0.654. The number of para-hydroxylation sites is 1. The number of fused-ring (bicyclic) bond motifs is 1. The van der Waals surface area contributed by atoms with Gasteiger partial charge in [0.25, 0.3) is 0 Å². The second-order valence-electron chi connectivity index (χ2n) is 3.59. The van der Waals surface area contributed by atoms with Crippen LogP contribution in [0.5, 0.6) is 0 Å². The Morgan fingerprint density at radius 3 is 2.86 bits per heavy atom. The van der Waals surface area contributed by atoms with Crippen molar-refractivity contribution in [2.75, 3.05) is 18.0 Å². The molecule has 0 fully saturated rings. The fourth-order valence-corrected chi connectivity index (χ4v) is 2.05. The average Bonchev–Trinajstić information content (AvgIpc) is 2.58. The standard InChI is InChI=1S/C13H15N/c1-3-9-14-10-11(4-2)12-7-5-6-8-13(12)14/h3-8,11H,1-2,9-10H2. The molecule has 1 heteroatoms. The van der Waals surface area contributed by atoms with Crippen LogP contribution in [0.2, 0.25) is 0 Å². The highest BCUT2D eigenvalue weighted by Crippen LogP contribution is 2.36. The summed E-state index contributed by atoms with van der Waals surface area (Å²) >= 11 is 0. The van der Waals surface area contributed by atoms with Crippen molar-refractivity contribution in [1.29, 1.82) is 0 Å². The van der Waals surface area contributed by atoms with Crippen LogP contribution in [0.15, 0.2) is 49.6 Å². The molecule has 0 aromatic heterocycles. The van der Waals surface area contributed by atoms with E-state index in [9.17, 15) is 0 Å². The zero-order valence-electron chi connectivity index (χ0n) is 8.32. The Morgan fingerprint density at radius 1 is 1.36 bits per heavy atom. The molecule has 72 valence electrons. The van der Waals surface area contributed by atoms with E-state index in [2.05, 4.69) is 42.3 Å². The minimum atomic E-state index is 0.478. The Labute approximate surface area is 85.4 Å². The predicted molar refractivity (Wildman–Crippen MR) is 61.8 cm³/mol. The number of hydrogen-bond donors (Lipinski definition) is 0. The largest absolute Gasteiger partial charge is 0.367 e. The molecule has 1 aliphatic heterocycles. The molecule has 0 amide bonds. The first-order chi connectivity index (χ1) is 6.86. The fraction of sp³-hybridized carbons (Fsp3) is 0.231. The van der Waals surface area contributed by atoms with Crippen molar-refractivity contribution in [3.8, 4) is 0 Å². The lowest BCUT2D eigenvalue weighted by Gasteiger charge is -2.16. The average molecular weight is 185 g/mol. The summed E-state index contributed by atoms with van der Waals surface area (Å²) in [5, 5.41) is 0. The second kappa shape index (κ2) is 3.70. The van der Waals surface area contributed by atoms with Crippen molar-refractivity contribution in [2.24, 2.45) is 0 Å². The van der Waals surface area contributed by atoms with Gasteiger partial charge in [-0.3, -0.25) is 0 Å². The van der Waals surface area contributed by atoms with E-state index in [4.69, 9.17) is 0 Å². The van der Waals surface area contributed by atoms with Crippen LogP contribution >= 0.6 is 0 Å². The zero-order chi connectivity index (χ0) is 9.97. The molecule has 14 heavy (non-hydrogen) atoms. The van der Waals surface area contributed by atoms with Gasteiger partial charge in [0.1, 0.15) is 0 Å². The Bertz CT molecular complexity index is 354. The number of rotatable bonds is 3. The normalized spacial score (nSPS) is 19.1. The predicted octanol–water partition coefficient (Wildman–Crippen LogP) is 2.96. The van der Waals surface area contributed by atoms with E-state index in [1.807, 2.05) is 12.2 Å². The molecule has 1 nitrogen and oxygen atoms in total. The summed E-state index contributed by atoms with van der Waals surface area (Å²) < 4.78 is 0. The van der Waals surface area contributed by atoms with E-state index in [0.29, 0.717) is 5.92 Å². The molecule has 1 aliphatic rings. The van der Waals surface area contributed by atoms with Crippen LogP contribution in [-0.2, 0) is 0 Å². The zero-order valence-corrected chi connectivity index (χ0v) is 8.32. The SMILES string of the molecule is C=CCN1CC(C=C)c2ccccc21. The van der Waals surface area contributed by atoms with Crippen LogP contribution in [0.3, 0.4) is 0 Å². The van der Waals surface area contributed by atoms with Gasteiger partial charge in [0.2, 0.25) is 0 Å². The van der Waals surface area contributed by atoms with E-state index in [1.54, 1.807) is 0 Å². The lowest BCUT2D eigenvalue weighted by atomic mass is 10.0. The van der Waals surface area contributed by atoms with Gasteiger partial charge in [-0.25, -0.2) is 0 Å². The Kier molecular flexibility index (Phi) is 2.40. The third kappa shape index (κ3) is 1.35. The third-order valence-corrected chi connectivity index (χ3v) is 2.73. The summed E-state index contributed by atoms with van der Waals surface area (Å²) in [6, 6.07) is 8.53. The summed E-state index contributed by atoms with van der Waals surface area (Å²) in [6.07, 6.45) is 3.98. The molecule has 0 bridgehead atoms. The summed E-state index contributed by atoms with van der Waals surface area (Å²) in [6.45, 7) is 9.62. The van der Waals surface area contributed by atoms with Crippen molar-refractivity contribution in [3.05, 3.63) is 55.1 Å². The summed E-state index contributed by atoms with van der Waals surface area (Å²) in [5.74, 6) is 0.478. The molecule has 1 heterocycles. The van der Waals surface area contributed by atoms with Gasteiger partial charge in [0, 0.05) is 24.7 Å². The highest BCUT2D eigenvalue weighted by Gasteiger charge is 2.24. The maximum atomic E-state index is 3.88.